The Morgan fingerprint density at radius 2 is 2.00 bits per heavy atom. The number of phenolic OH excluding ortho intramolecular Hbond substituents is 1. The Morgan fingerprint density at radius 3 is 2.86 bits per heavy atom. The van der Waals surface area contributed by atoms with E-state index in [1.165, 1.54) is 34.1 Å². The maximum absolute atomic E-state index is 14.0. The SMILES string of the molecule is CCC1CC2CN3CCc4c([nH]c5c(C6Cc7c8n(c9ccccc79)CCCC8N6)c(O)ccc45)C(C(=O)OC)(C2)C13. The van der Waals surface area contributed by atoms with E-state index in [0.29, 0.717) is 17.6 Å². The molecule has 0 radical (unpaired) electrons. The standard InChI is InChI=1S/C35H40N4O3/c1-3-20-15-19-17-35(34(41)42-2)32-23(12-14-38(18-19)33(20)35)22-10-11-28(40)29(30(22)37-32)26-16-24-21-7-4-5-9-27(21)39-13-6-8-25(36-26)31(24)39/h4-5,7,9-11,19-20,25-26,33,36-37,40H,3,6,8,12-18H2,1-2H3. The van der Waals surface area contributed by atoms with Gasteiger partial charge in [0.2, 0.25) is 0 Å². The number of H-pyrrole nitrogens is 1. The maximum Gasteiger partial charge on any atom is 0.319 e. The molecule has 7 heteroatoms. The molecule has 0 spiro atoms. The number of fused-ring (bicyclic) bond motifs is 7. The van der Waals surface area contributed by atoms with Gasteiger partial charge in [-0.1, -0.05) is 31.5 Å². The highest BCUT2D eigenvalue weighted by molar-refractivity contribution is 5.94. The molecule has 5 aliphatic heterocycles. The third kappa shape index (κ3) is 3.11. The fourth-order valence-corrected chi connectivity index (χ4v) is 10.4. The lowest BCUT2D eigenvalue weighted by atomic mass is 9.56. The van der Waals surface area contributed by atoms with Crippen LogP contribution in [0.4, 0.5) is 0 Å². The van der Waals surface area contributed by atoms with E-state index in [9.17, 15) is 9.90 Å². The molecule has 2 aromatic carbocycles. The Kier molecular flexibility index (Phi) is 5.33. The smallest absolute Gasteiger partial charge is 0.319 e. The number of piperidine rings is 2. The quantitative estimate of drug-likeness (QED) is 0.281. The number of ether oxygens (including phenoxy) is 1. The van der Waals surface area contributed by atoms with E-state index >= 15 is 0 Å². The van der Waals surface area contributed by atoms with Gasteiger partial charge in [-0.05, 0) is 79.7 Å². The first-order valence-electron chi connectivity index (χ1n) is 16.1. The zero-order valence-electron chi connectivity index (χ0n) is 24.6. The minimum atomic E-state index is -0.696. The number of esters is 1. The second-order valence-electron chi connectivity index (χ2n) is 13.7. The summed E-state index contributed by atoms with van der Waals surface area (Å²) in [5.41, 5.74) is 7.71. The lowest BCUT2D eigenvalue weighted by Crippen LogP contribution is -2.67. The number of methoxy groups -OCH3 is 1. The topological polar surface area (TPSA) is 82.5 Å². The van der Waals surface area contributed by atoms with Gasteiger partial charge in [0.25, 0.3) is 0 Å². The van der Waals surface area contributed by atoms with Crippen molar-refractivity contribution in [2.24, 2.45) is 11.8 Å². The summed E-state index contributed by atoms with van der Waals surface area (Å²) in [6.07, 6.45) is 7.07. The lowest BCUT2D eigenvalue weighted by molar-refractivity contribution is -0.162. The number of aryl methyl sites for hydroxylation is 1. The minimum absolute atomic E-state index is 0.0254. The number of benzene rings is 2. The van der Waals surface area contributed by atoms with Gasteiger partial charge >= 0.3 is 5.97 Å². The molecule has 218 valence electrons. The Balaban J connectivity index is 1.24. The molecule has 7 unspecified atom stereocenters. The molecule has 4 bridgehead atoms. The van der Waals surface area contributed by atoms with Gasteiger partial charge in [0, 0.05) is 71.0 Å². The van der Waals surface area contributed by atoms with Crippen molar-refractivity contribution in [2.75, 3.05) is 20.2 Å². The van der Waals surface area contributed by atoms with Crippen LogP contribution in [-0.2, 0) is 34.3 Å². The van der Waals surface area contributed by atoms with Gasteiger partial charge < -0.3 is 24.7 Å². The molecule has 7 nitrogen and oxygen atoms in total. The van der Waals surface area contributed by atoms with Crippen LogP contribution in [0.1, 0.15) is 79.2 Å². The second-order valence-corrected chi connectivity index (χ2v) is 13.7. The number of phenols is 1. The number of aromatic hydroxyl groups is 1. The number of carbonyl (C=O) groups is 1. The number of aromatic amines is 1. The summed E-state index contributed by atoms with van der Waals surface area (Å²) in [5.74, 6) is 1.19. The number of hydrogen-bond donors (Lipinski definition) is 3. The molecule has 3 N–H and O–H groups in total. The summed E-state index contributed by atoms with van der Waals surface area (Å²) < 4.78 is 8.18. The van der Waals surface area contributed by atoms with Crippen molar-refractivity contribution in [3.8, 4) is 5.75 Å². The van der Waals surface area contributed by atoms with Crippen LogP contribution in [0.3, 0.4) is 0 Å². The Hall–Kier alpha value is -3.29. The number of carbonyl (C=O) groups excluding carboxylic acids is 1. The van der Waals surface area contributed by atoms with Crippen molar-refractivity contribution in [1.29, 1.82) is 0 Å². The van der Waals surface area contributed by atoms with E-state index in [-0.39, 0.29) is 24.1 Å². The predicted molar refractivity (Wildman–Crippen MR) is 163 cm³/mol. The van der Waals surface area contributed by atoms with E-state index in [1.54, 1.807) is 7.11 Å². The second kappa shape index (κ2) is 8.87. The van der Waals surface area contributed by atoms with Gasteiger partial charge in [-0.15, -0.1) is 0 Å². The normalized spacial score (nSPS) is 32.9. The molecule has 4 aromatic rings. The van der Waals surface area contributed by atoms with Gasteiger partial charge in [-0.3, -0.25) is 9.69 Å². The Bertz CT molecular complexity index is 1770. The molecule has 1 aliphatic carbocycles. The first kappa shape index (κ1) is 25.2. The molecule has 6 aliphatic rings. The summed E-state index contributed by atoms with van der Waals surface area (Å²) >= 11 is 0. The fourth-order valence-electron chi connectivity index (χ4n) is 10.4. The van der Waals surface area contributed by atoms with Gasteiger partial charge in [0.05, 0.1) is 12.6 Å². The first-order valence-corrected chi connectivity index (χ1v) is 16.1. The van der Waals surface area contributed by atoms with E-state index in [0.717, 1.165) is 80.3 Å². The summed E-state index contributed by atoms with van der Waals surface area (Å²) in [4.78, 5) is 20.5. The van der Waals surface area contributed by atoms with Crippen molar-refractivity contribution >= 4 is 27.8 Å². The molecule has 2 aromatic heterocycles. The highest BCUT2D eigenvalue weighted by Gasteiger charge is 2.62. The van der Waals surface area contributed by atoms with Gasteiger partial charge in [-0.2, -0.15) is 0 Å². The van der Waals surface area contributed by atoms with Crippen molar-refractivity contribution in [1.82, 2.24) is 19.8 Å². The third-order valence-corrected chi connectivity index (χ3v) is 11.8. The molecule has 7 atom stereocenters. The molecule has 7 heterocycles. The molecule has 2 saturated heterocycles. The van der Waals surface area contributed by atoms with Crippen LogP contribution in [-0.4, -0.2) is 51.8 Å². The van der Waals surface area contributed by atoms with Crippen LogP contribution < -0.4 is 5.32 Å². The van der Waals surface area contributed by atoms with Crippen LogP contribution >= 0.6 is 0 Å². The summed E-state index contributed by atoms with van der Waals surface area (Å²) in [7, 11) is 1.55. The van der Waals surface area contributed by atoms with Gasteiger partial charge in [0.1, 0.15) is 11.2 Å². The molecular weight excluding hydrogens is 524 g/mol. The third-order valence-electron chi connectivity index (χ3n) is 11.8. The zero-order chi connectivity index (χ0) is 28.3. The molecule has 1 saturated carbocycles. The van der Waals surface area contributed by atoms with Crippen molar-refractivity contribution in [2.45, 2.75) is 82.0 Å². The predicted octanol–water partition coefficient (Wildman–Crippen LogP) is 5.64. The molecule has 3 fully saturated rings. The average molecular weight is 565 g/mol. The minimum Gasteiger partial charge on any atom is -0.508 e. The van der Waals surface area contributed by atoms with Crippen LogP contribution in [0, 0.1) is 11.8 Å². The molecule has 0 amide bonds. The van der Waals surface area contributed by atoms with Crippen LogP contribution in [0.2, 0.25) is 0 Å². The maximum atomic E-state index is 14.0. The molecule has 10 rings (SSSR count). The van der Waals surface area contributed by atoms with E-state index in [2.05, 4.69) is 57.0 Å². The van der Waals surface area contributed by atoms with Crippen LogP contribution in [0.15, 0.2) is 36.4 Å². The molecule has 42 heavy (non-hydrogen) atoms. The van der Waals surface area contributed by atoms with Gasteiger partial charge in [-0.25, -0.2) is 0 Å². The van der Waals surface area contributed by atoms with Crippen LogP contribution in [0.5, 0.6) is 5.75 Å². The van der Waals surface area contributed by atoms with E-state index in [4.69, 9.17) is 4.74 Å². The zero-order valence-corrected chi connectivity index (χ0v) is 24.6. The Labute approximate surface area is 246 Å². The summed E-state index contributed by atoms with van der Waals surface area (Å²) in [6.45, 7) is 5.38. The number of rotatable bonds is 3. The number of nitrogens with one attached hydrogen (secondary N) is 2. The first-order chi connectivity index (χ1) is 20.5. The summed E-state index contributed by atoms with van der Waals surface area (Å²) in [6, 6.07) is 13.2. The average Bonchev–Trinajstić information content (AvgIpc) is 3.53. The van der Waals surface area contributed by atoms with Crippen molar-refractivity contribution < 1.29 is 14.6 Å². The number of para-hydroxylation sites is 1. The highest BCUT2D eigenvalue weighted by Crippen LogP contribution is 2.56. The van der Waals surface area contributed by atoms with E-state index in [1.807, 2.05) is 6.07 Å². The molecular formula is C35H40N4O3. The number of hydrogen-bond acceptors (Lipinski definition) is 5. The van der Waals surface area contributed by atoms with Gasteiger partial charge in [0.15, 0.2) is 0 Å². The van der Waals surface area contributed by atoms with Crippen molar-refractivity contribution in [3.63, 3.8) is 0 Å². The lowest BCUT2D eigenvalue weighted by Gasteiger charge is -2.57. The monoisotopic (exact) mass is 564 g/mol. The summed E-state index contributed by atoms with van der Waals surface area (Å²) in [5, 5.41) is 18.0. The van der Waals surface area contributed by atoms with E-state index < -0.39 is 5.41 Å². The van der Waals surface area contributed by atoms with Crippen molar-refractivity contribution in [3.05, 3.63) is 64.5 Å². The number of aromatic nitrogens is 2. The Morgan fingerprint density at radius 1 is 1.12 bits per heavy atom. The van der Waals surface area contributed by atoms with Crippen LogP contribution in [0.25, 0.3) is 21.8 Å². The highest BCUT2D eigenvalue weighted by atomic mass is 16.5. The number of nitrogens with zero attached hydrogens (tertiary/aromatic N) is 2. The fraction of sp³-hybridized carbons (Fsp3) is 0.514. The largest absolute Gasteiger partial charge is 0.508 e.